The average Bonchev–Trinajstić information content (AvgIpc) is 2.80. The van der Waals surface area contributed by atoms with Crippen LogP contribution in [0.2, 0.25) is 0 Å². The molecule has 0 saturated carbocycles. The lowest BCUT2D eigenvalue weighted by atomic mass is 9.93. The standard InChI is InChI=1S/C26H25FN2O5S/c1-26(2,3)35(32,33)29-25(31)20-10-8-18(27)14-22(20)16-7-9-21-23(13-16)34-15-17(24(21)30)12-19-6-4-5-11-28-19/h4-14,24,30H,15H2,1-3H3,(H,29,31)/b17-12+/t24-/m1/s1. The number of aromatic nitrogens is 1. The molecule has 1 atom stereocenters. The minimum Gasteiger partial charge on any atom is -0.489 e. The second-order valence-electron chi connectivity index (χ2n) is 9.15. The smallest absolute Gasteiger partial charge is 0.265 e. The summed E-state index contributed by atoms with van der Waals surface area (Å²) < 4.78 is 45.8. The molecular weight excluding hydrogens is 471 g/mol. The van der Waals surface area contributed by atoms with Crippen LogP contribution in [0.1, 0.15) is 48.5 Å². The summed E-state index contributed by atoms with van der Waals surface area (Å²) in [5, 5.41) is 10.9. The Morgan fingerprint density at radius 3 is 2.63 bits per heavy atom. The fourth-order valence-corrected chi connectivity index (χ4v) is 4.21. The molecule has 0 fully saturated rings. The molecule has 4 rings (SSSR count). The van der Waals surface area contributed by atoms with Gasteiger partial charge in [0.25, 0.3) is 5.91 Å². The number of sulfonamides is 1. The van der Waals surface area contributed by atoms with E-state index in [0.717, 1.165) is 12.1 Å². The Kier molecular flexibility index (Phi) is 6.48. The fourth-order valence-electron chi connectivity index (χ4n) is 3.55. The van der Waals surface area contributed by atoms with Crippen LogP contribution in [-0.4, -0.2) is 35.8 Å². The SMILES string of the molecule is CC(C)(C)S(=O)(=O)NC(=O)c1ccc(F)cc1-c1ccc2c(c1)OC/C(=C\c1ccccn1)[C@H]2O. The summed E-state index contributed by atoms with van der Waals surface area (Å²) in [6.07, 6.45) is 2.48. The Bertz CT molecular complexity index is 1410. The summed E-state index contributed by atoms with van der Waals surface area (Å²) >= 11 is 0. The molecular formula is C26H25FN2O5S. The summed E-state index contributed by atoms with van der Waals surface area (Å²) in [6, 6.07) is 13.8. The van der Waals surface area contributed by atoms with E-state index >= 15 is 0 Å². The lowest BCUT2D eigenvalue weighted by Crippen LogP contribution is -2.42. The second kappa shape index (κ2) is 9.24. The van der Waals surface area contributed by atoms with Crippen LogP contribution in [0, 0.1) is 5.82 Å². The van der Waals surface area contributed by atoms with E-state index in [1.54, 1.807) is 36.5 Å². The zero-order chi connectivity index (χ0) is 25.4. The Labute approximate surface area is 203 Å². The minimum atomic E-state index is -3.97. The highest BCUT2D eigenvalue weighted by molar-refractivity contribution is 7.91. The molecule has 0 saturated heterocycles. The van der Waals surface area contributed by atoms with Crippen LogP contribution in [0.3, 0.4) is 0 Å². The molecule has 0 radical (unpaired) electrons. The fraction of sp³-hybridized carbons (Fsp3) is 0.231. The van der Waals surface area contributed by atoms with Crippen molar-refractivity contribution in [2.24, 2.45) is 0 Å². The van der Waals surface area contributed by atoms with Crippen molar-refractivity contribution >= 4 is 22.0 Å². The third-order valence-electron chi connectivity index (χ3n) is 5.65. The summed E-state index contributed by atoms with van der Waals surface area (Å²) in [7, 11) is -3.97. The summed E-state index contributed by atoms with van der Waals surface area (Å²) in [5.74, 6) is -1.07. The highest BCUT2D eigenvalue weighted by atomic mass is 32.2. The Balaban J connectivity index is 1.68. The molecule has 182 valence electrons. The molecule has 1 aromatic heterocycles. The van der Waals surface area contributed by atoms with Gasteiger partial charge in [-0.15, -0.1) is 0 Å². The van der Waals surface area contributed by atoms with Crippen LogP contribution in [0.15, 0.2) is 66.4 Å². The van der Waals surface area contributed by atoms with E-state index < -0.39 is 32.6 Å². The van der Waals surface area contributed by atoms with Crippen LogP contribution in [0.5, 0.6) is 5.75 Å². The van der Waals surface area contributed by atoms with E-state index in [0.29, 0.717) is 28.1 Å². The van der Waals surface area contributed by atoms with Gasteiger partial charge in [0.2, 0.25) is 10.0 Å². The molecule has 2 N–H and O–H groups in total. The number of benzene rings is 2. The Morgan fingerprint density at radius 1 is 1.17 bits per heavy atom. The molecule has 0 bridgehead atoms. The van der Waals surface area contributed by atoms with Crippen LogP contribution >= 0.6 is 0 Å². The first-order valence-electron chi connectivity index (χ1n) is 10.9. The molecule has 0 aliphatic carbocycles. The lowest BCUT2D eigenvalue weighted by molar-refractivity contribution is 0.0981. The van der Waals surface area contributed by atoms with Crippen LogP contribution < -0.4 is 9.46 Å². The topological polar surface area (TPSA) is 106 Å². The van der Waals surface area contributed by atoms with Crippen molar-refractivity contribution < 1.29 is 27.4 Å². The van der Waals surface area contributed by atoms with Gasteiger partial charge < -0.3 is 9.84 Å². The van der Waals surface area contributed by atoms with Gasteiger partial charge in [0.15, 0.2) is 0 Å². The molecule has 0 spiro atoms. The average molecular weight is 497 g/mol. The van der Waals surface area contributed by atoms with Gasteiger partial charge in [-0.1, -0.05) is 18.2 Å². The molecule has 1 aliphatic rings. The molecule has 35 heavy (non-hydrogen) atoms. The zero-order valence-corrected chi connectivity index (χ0v) is 20.3. The first-order valence-corrected chi connectivity index (χ1v) is 12.4. The highest BCUT2D eigenvalue weighted by Gasteiger charge is 2.32. The third kappa shape index (κ3) is 5.11. The maximum Gasteiger partial charge on any atom is 0.265 e. The largest absolute Gasteiger partial charge is 0.489 e. The number of amides is 1. The Morgan fingerprint density at radius 2 is 1.94 bits per heavy atom. The Hall–Kier alpha value is -3.56. The monoisotopic (exact) mass is 496 g/mol. The van der Waals surface area contributed by atoms with Crippen LogP contribution in [0.4, 0.5) is 4.39 Å². The number of ether oxygens (including phenoxy) is 1. The van der Waals surface area contributed by atoms with E-state index in [9.17, 15) is 22.7 Å². The van der Waals surface area contributed by atoms with Crippen molar-refractivity contribution in [3.8, 4) is 16.9 Å². The minimum absolute atomic E-state index is 0.00808. The van der Waals surface area contributed by atoms with Gasteiger partial charge in [0.1, 0.15) is 24.3 Å². The van der Waals surface area contributed by atoms with Gasteiger partial charge in [-0.2, -0.15) is 0 Å². The lowest BCUT2D eigenvalue weighted by Gasteiger charge is -2.26. The molecule has 2 heterocycles. The number of nitrogens with zero attached hydrogens (tertiary/aromatic N) is 1. The number of aliphatic hydroxyl groups is 1. The number of carbonyl (C=O) groups is 1. The first-order chi connectivity index (χ1) is 16.5. The number of hydrogen-bond donors (Lipinski definition) is 2. The normalized spacial score (nSPS) is 16.9. The molecule has 1 amide bonds. The van der Waals surface area contributed by atoms with E-state index in [1.165, 1.54) is 26.8 Å². The molecule has 3 aromatic rings. The number of fused-ring (bicyclic) bond motifs is 1. The second-order valence-corrected chi connectivity index (χ2v) is 11.6. The summed E-state index contributed by atoms with van der Waals surface area (Å²) in [6.45, 7) is 4.53. The quantitative estimate of drug-likeness (QED) is 0.559. The van der Waals surface area contributed by atoms with Gasteiger partial charge in [0.05, 0.1) is 10.4 Å². The van der Waals surface area contributed by atoms with Crippen molar-refractivity contribution in [3.05, 3.63) is 89.0 Å². The van der Waals surface area contributed by atoms with E-state index in [1.807, 2.05) is 12.1 Å². The third-order valence-corrected chi connectivity index (χ3v) is 7.71. The summed E-state index contributed by atoms with van der Waals surface area (Å²) in [5.41, 5.74) is 2.45. The van der Waals surface area contributed by atoms with Gasteiger partial charge in [-0.25, -0.2) is 17.5 Å². The van der Waals surface area contributed by atoms with Crippen molar-refractivity contribution in [1.29, 1.82) is 0 Å². The maximum atomic E-state index is 14.1. The van der Waals surface area contributed by atoms with E-state index in [-0.39, 0.29) is 17.7 Å². The zero-order valence-electron chi connectivity index (χ0n) is 19.4. The number of hydrogen-bond acceptors (Lipinski definition) is 6. The van der Waals surface area contributed by atoms with Crippen LogP contribution in [-0.2, 0) is 10.0 Å². The van der Waals surface area contributed by atoms with Gasteiger partial charge >= 0.3 is 0 Å². The molecule has 2 aromatic carbocycles. The van der Waals surface area contributed by atoms with Gasteiger partial charge in [-0.05, 0) is 74.4 Å². The highest BCUT2D eigenvalue weighted by Crippen LogP contribution is 2.39. The predicted octanol–water partition coefficient (Wildman–Crippen LogP) is 4.26. The molecule has 0 unspecified atom stereocenters. The number of nitrogens with one attached hydrogen (secondary N) is 1. The molecule has 9 heteroatoms. The molecule has 7 nitrogen and oxygen atoms in total. The predicted molar refractivity (Wildman–Crippen MR) is 131 cm³/mol. The number of pyridine rings is 1. The summed E-state index contributed by atoms with van der Waals surface area (Å²) in [4.78, 5) is 17.1. The van der Waals surface area contributed by atoms with E-state index in [2.05, 4.69) is 9.71 Å². The van der Waals surface area contributed by atoms with Gasteiger partial charge in [0, 0.05) is 22.9 Å². The maximum absolute atomic E-state index is 14.1. The van der Waals surface area contributed by atoms with Crippen molar-refractivity contribution in [1.82, 2.24) is 9.71 Å². The van der Waals surface area contributed by atoms with Crippen LogP contribution in [0.25, 0.3) is 17.2 Å². The van der Waals surface area contributed by atoms with Crippen molar-refractivity contribution in [2.75, 3.05) is 6.61 Å². The first kappa shape index (κ1) is 24.6. The van der Waals surface area contributed by atoms with Gasteiger partial charge in [-0.3, -0.25) is 9.78 Å². The number of carbonyl (C=O) groups excluding carboxylic acids is 1. The van der Waals surface area contributed by atoms with Crippen molar-refractivity contribution in [2.45, 2.75) is 31.6 Å². The number of rotatable bonds is 4. The molecule has 1 aliphatic heterocycles. The van der Waals surface area contributed by atoms with Crippen molar-refractivity contribution in [3.63, 3.8) is 0 Å². The van der Waals surface area contributed by atoms with E-state index in [4.69, 9.17) is 4.74 Å². The number of aliphatic hydroxyl groups excluding tert-OH is 1. The number of halogens is 1.